The molecule has 1 N–H and O–H groups in total. The lowest BCUT2D eigenvalue weighted by Crippen LogP contribution is -1.97. The number of ether oxygens (including phenoxy) is 1. The molecule has 0 saturated heterocycles. The highest BCUT2D eigenvalue weighted by molar-refractivity contribution is 9.11. The molecular weight excluding hydrogens is 513 g/mol. The molecule has 4 rings (SSSR count). The maximum absolute atomic E-state index is 13.4. The van der Waals surface area contributed by atoms with Crippen LogP contribution in [0.15, 0.2) is 69.6 Å². The van der Waals surface area contributed by atoms with Gasteiger partial charge >= 0.3 is 0 Å². The van der Waals surface area contributed by atoms with E-state index in [1.54, 1.807) is 12.1 Å². The van der Waals surface area contributed by atoms with Gasteiger partial charge in [0.25, 0.3) is 0 Å². The van der Waals surface area contributed by atoms with Gasteiger partial charge in [0, 0.05) is 0 Å². The van der Waals surface area contributed by atoms with E-state index in [0.717, 1.165) is 20.1 Å². The van der Waals surface area contributed by atoms with E-state index in [9.17, 15) is 9.65 Å². The molecule has 1 aromatic heterocycles. The number of nitrogens with one attached hydrogen (secondary N) is 1. The van der Waals surface area contributed by atoms with E-state index in [-0.39, 0.29) is 5.82 Å². The second-order valence-electron chi connectivity index (χ2n) is 6.50. The molecule has 3 aromatic carbocycles. The van der Waals surface area contributed by atoms with E-state index >= 15 is 0 Å². The van der Waals surface area contributed by atoms with Crippen molar-refractivity contribution in [2.45, 2.75) is 6.61 Å². The van der Waals surface area contributed by atoms with Crippen molar-refractivity contribution in [2.24, 2.45) is 0 Å². The third-order valence-electron chi connectivity index (χ3n) is 4.38. The van der Waals surface area contributed by atoms with E-state index in [0.29, 0.717) is 34.8 Å². The highest BCUT2D eigenvalue weighted by atomic mass is 79.9. The molecule has 0 spiro atoms. The van der Waals surface area contributed by atoms with E-state index in [2.05, 4.69) is 47.9 Å². The number of benzene rings is 3. The Morgan fingerprint density at radius 3 is 2.53 bits per heavy atom. The molecule has 0 aliphatic carbocycles. The molecule has 0 amide bonds. The van der Waals surface area contributed by atoms with Crippen LogP contribution in [-0.4, -0.2) is 9.97 Å². The lowest BCUT2D eigenvalue weighted by molar-refractivity contribution is 0.302. The molecule has 0 fully saturated rings. The first-order valence-corrected chi connectivity index (χ1v) is 10.6. The van der Waals surface area contributed by atoms with Crippen molar-refractivity contribution in [3.8, 4) is 11.8 Å². The standard InChI is InChI=1S/C23H14Br2FN3O/c24-18-9-15(10-19(25)22(18)30-13-14-4-2-1-3-5-14)8-16(12-27)23-28-20-7-6-17(26)11-21(20)29-23/h1-11H,13H2,(H,28,29)/b16-8-. The summed E-state index contributed by atoms with van der Waals surface area (Å²) in [6.45, 7) is 0.437. The van der Waals surface area contributed by atoms with Crippen molar-refractivity contribution >= 4 is 54.5 Å². The Hall–Kier alpha value is -2.95. The maximum Gasteiger partial charge on any atom is 0.149 e. The van der Waals surface area contributed by atoms with E-state index in [4.69, 9.17) is 4.74 Å². The predicted molar refractivity (Wildman–Crippen MR) is 122 cm³/mol. The number of aromatic nitrogens is 2. The second-order valence-corrected chi connectivity index (χ2v) is 8.21. The van der Waals surface area contributed by atoms with Gasteiger partial charge in [-0.2, -0.15) is 5.26 Å². The van der Waals surface area contributed by atoms with E-state index in [1.807, 2.05) is 42.5 Å². The zero-order valence-electron chi connectivity index (χ0n) is 15.5. The quantitative estimate of drug-likeness (QED) is 0.288. The molecular formula is C23H14Br2FN3O. The largest absolute Gasteiger partial charge is 0.487 e. The summed E-state index contributed by atoms with van der Waals surface area (Å²) in [5.74, 6) is 0.697. The average Bonchev–Trinajstić information content (AvgIpc) is 3.15. The topological polar surface area (TPSA) is 61.7 Å². The van der Waals surface area contributed by atoms with Crippen LogP contribution in [0, 0.1) is 17.1 Å². The number of imidazole rings is 1. The Bertz CT molecular complexity index is 1270. The molecule has 4 aromatic rings. The van der Waals surface area contributed by atoms with Gasteiger partial charge in [0.05, 0.1) is 25.6 Å². The van der Waals surface area contributed by atoms with Crippen LogP contribution in [0.25, 0.3) is 22.7 Å². The lowest BCUT2D eigenvalue weighted by atomic mass is 10.1. The first-order chi connectivity index (χ1) is 14.5. The average molecular weight is 527 g/mol. The Kier molecular flexibility index (Phi) is 5.98. The van der Waals surface area contributed by atoms with Gasteiger partial charge in [0.15, 0.2) is 0 Å². The van der Waals surface area contributed by atoms with Crippen LogP contribution >= 0.6 is 31.9 Å². The van der Waals surface area contributed by atoms with Gasteiger partial charge in [0.1, 0.15) is 30.1 Å². The van der Waals surface area contributed by atoms with Crippen LogP contribution in [0.1, 0.15) is 17.0 Å². The highest BCUT2D eigenvalue weighted by Gasteiger charge is 2.12. The lowest BCUT2D eigenvalue weighted by Gasteiger charge is -2.11. The highest BCUT2D eigenvalue weighted by Crippen LogP contribution is 2.36. The van der Waals surface area contributed by atoms with Crippen LogP contribution in [0.2, 0.25) is 0 Å². The van der Waals surface area contributed by atoms with Crippen molar-refractivity contribution in [3.05, 3.63) is 92.4 Å². The fraction of sp³-hybridized carbons (Fsp3) is 0.0435. The van der Waals surface area contributed by atoms with Gasteiger partial charge < -0.3 is 9.72 Å². The van der Waals surface area contributed by atoms with Gasteiger partial charge in [-0.1, -0.05) is 30.3 Å². The molecule has 7 heteroatoms. The Labute approximate surface area is 189 Å². The van der Waals surface area contributed by atoms with Crippen molar-refractivity contribution < 1.29 is 9.13 Å². The fourth-order valence-electron chi connectivity index (χ4n) is 2.96. The van der Waals surface area contributed by atoms with Crippen LogP contribution in [0.5, 0.6) is 5.75 Å². The number of fused-ring (bicyclic) bond motifs is 1. The third-order valence-corrected chi connectivity index (χ3v) is 5.56. The third kappa shape index (κ3) is 4.45. The monoisotopic (exact) mass is 525 g/mol. The summed E-state index contributed by atoms with van der Waals surface area (Å²) in [6.07, 6.45) is 1.71. The Morgan fingerprint density at radius 2 is 1.83 bits per heavy atom. The normalized spacial score (nSPS) is 11.5. The number of hydrogen-bond donors (Lipinski definition) is 1. The molecule has 4 nitrogen and oxygen atoms in total. The summed E-state index contributed by atoms with van der Waals surface area (Å²) < 4.78 is 20.9. The van der Waals surface area contributed by atoms with Crippen molar-refractivity contribution in [1.29, 1.82) is 5.26 Å². The summed E-state index contributed by atoms with van der Waals surface area (Å²) in [6, 6.07) is 20.0. The number of H-pyrrole nitrogens is 1. The van der Waals surface area contributed by atoms with E-state index < -0.39 is 0 Å². The molecule has 0 aliphatic heterocycles. The Morgan fingerprint density at radius 1 is 1.10 bits per heavy atom. The zero-order chi connectivity index (χ0) is 21.1. The van der Waals surface area contributed by atoms with Crippen LogP contribution in [-0.2, 0) is 6.61 Å². The minimum atomic E-state index is -0.362. The minimum Gasteiger partial charge on any atom is -0.487 e. The fourth-order valence-corrected chi connectivity index (χ4v) is 4.41. The summed E-state index contributed by atoms with van der Waals surface area (Å²) in [7, 11) is 0. The van der Waals surface area contributed by atoms with Gasteiger partial charge in [-0.25, -0.2) is 9.37 Å². The second kappa shape index (κ2) is 8.82. The predicted octanol–water partition coefficient (Wildman–Crippen LogP) is 6.87. The molecule has 0 aliphatic rings. The SMILES string of the molecule is N#C/C(=C/c1cc(Br)c(OCc2ccccc2)c(Br)c1)c1nc2ccc(F)cc2[nH]1. The number of nitrogens with zero attached hydrogens (tertiary/aromatic N) is 2. The maximum atomic E-state index is 13.4. The van der Waals surface area contributed by atoms with Crippen molar-refractivity contribution in [2.75, 3.05) is 0 Å². The number of aromatic amines is 1. The zero-order valence-corrected chi connectivity index (χ0v) is 18.7. The molecule has 0 unspecified atom stereocenters. The molecule has 148 valence electrons. The molecule has 30 heavy (non-hydrogen) atoms. The van der Waals surface area contributed by atoms with Gasteiger partial charge in [-0.3, -0.25) is 0 Å². The number of halogens is 3. The number of nitriles is 1. The smallest absolute Gasteiger partial charge is 0.149 e. The molecule has 0 atom stereocenters. The molecule has 0 saturated carbocycles. The summed E-state index contributed by atoms with van der Waals surface area (Å²) in [5, 5.41) is 9.62. The first-order valence-electron chi connectivity index (χ1n) is 8.96. The summed E-state index contributed by atoms with van der Waals surface area (Å²) in [4.78, 5) is 7.38. The van der Waals surface area contributed by atoms with Gasteiger partial charge in [0.2, 0.25) is 0 Å². The number of rotatable bonds is 5. The van der Waals surface area contributed by atoms with Gasteiger partial charge in [-0.15, -0.1) is 0 Å². The number of allylic oxidation sites excluding steroid dienone is 1. The van der Waals surface area contributed by atoms with Crippen molar-refractivity contribution in [3.63, 3.8) is 0 Å². The van der Waals surface area contributed by atoms with Crippen molar-refractivity contribution in [1.82, 2.24) is 9.97 Å². The van der Waals surface area contributed by atoms with Crippen LogP contribution in [0.4, 0.5) is 4.39 Å². The molecule has 0 bridgehead atoms. The van der Waals surface area contributed by atoms with E-state index in [1.165, 1.54) is 12.1 Å². The van der Waals surface area contributed by atoms with Crippen LogP contribution in [0.3, 0.4) is 0 Å². The first kappa shape index (κ1) is 20.3. The molecule has 0 radical (unpaired) electrons. The summed E-state index contributed by atoms with van der Waals surface area (Å²) in [5.41, 5.74) is 3.32. The number of hydrogen-bond acceptors (Lipinski definition) is 3. The summed E-state index contributed by atoms with van der Waals surface area (Å²) >= 11 is 7.09. The van der Waals surface area contributed by atoms with Crippen LogP contribution < -0.4 is 4.74 Å². The molecule has 1 heterocycles. The Balaban J connectivity index is 1.62. The minimum absolute atomic E-state index is 0.336. The van der Waals surface area contributed by atoms with Gasteiger partial charge in [-0.05, 0) is 79.4 Å².